The van der Waals surface area contributed by atoms with E-state index < -0.39 is 0 Å². The molecule has 0 aromatic rings. The van der Waals surface area contributed by atoms with Crippen molar-refractivity contribution in [2.75, 3.05) is 0 Å². The van der Waals surface area contributed by atoms with Gasteiger partial charge < -0.3 is 0 Å². The summed E-state index contributed by atoms with van der Waals surface area (Å²) < 4.78 is 0. The van der Waals surface area contributed by atoms with Gasteiger partial charge >= 0.3 is 0 Å². The van der Waals surface area contributed by atoms with E-state index in [0.717, 1.165) is 0 Å². The Balaban J connectivity index is 2.19. The molecule has 3 aliphatic carbocycles. The van der Waals surface area contributed by atoms with Crippen LogP contribution in [0, 0.1) is 0 Å². The summed E-state index contributed by atoms with van der Waals surface area (Å²) >= 11 is 0. The molecule has 0 amide bonds. The van der Waals surface area contributed by atoms with Gasteiger partial charge in [0, 0.05) is 0 Å². The first-order valence-corrected chi connectivity index (χ1v) is 4.31. The topological polar surface area (TPSA) is 0 Å². The molecule has 0 aromatic heterocycles. The van der Waals surface area contributed by atoms with E-state index in [-0.39, 0.29) is 0 Å². The Kier molecular flexibility index (Phi) is 1.62. The lowest BCUT2D eigenvalue weighted by molar-refractivity contribution is 0.702. The molecule has 0 spiro atoms. The molecule has 0 heteroatoms. The summed E-state index contributed by atoms with van der Waals surface area (Å²) in [4.78, 5) is 0. The molecule has 0 atom stereocenters. The van der Waals surface area contributed by atoms with E-state index >= 15 is 0 Å². The van der Waals surface area contributed by atoms with Gasteiger partial charge in [-0.15, -0.1) is 0 Å². The molecule has 1 fully saturated rings. The fourth-order valence-corrected chi connectivity index (χ4v) is 1.88. The van der Waals surface area contributed by atoms with Crippen molar-refractivity contribution in [1.29, 1.82) is 0 Å². The molecule has 0 N–H and O–H groups in total. The van der Waals surface area contributed by atoms with Crippen LogP contribution >= 0.6 is 0 Å². The van der Waals surface area contributed by atoms with Crippen LogP contribution in [-0.2, 0) is 0 Å². The molecule has 2 bridgehead atoms. The van der Waals surface area contributed by atoms with Gasteiger partial charge in [0.05, 0.1) is 0 Å². The quantitative estimate of drug-likeness (QED) is 0.446. The monoisotopic (exact) mass is 134 g/mol. The third kappa shape index (κ3) is 1.16. The van der Waals surface area contributed by atoms with Crippen LogP contribution < -0.4 is 0 Å². The maximum absolute atomic E-state index is 2.45. The van der Waals surface area contributed by atoms with Gasteiger partial charge in [0.15, 0.2) is 0 Å². The molecule has 3 aliphatic rings. The zero-order chi connectivity index (χ0) is 6.81. The smallest absolute Gasteiger partial charge is 0.0283 e. The summed E-state index contributed by atoms with van der Waals surface area (Å²) in [6, 6.07) is 0. The van der Waals surface area contributed by atoms with Crippen LogP contribution in [0.25, 0.3) is 0 Å². The largest absolute Gasteiger partial charge is 0.0850 e. The van der Waals surface area contributed by atoms with Gasteiger partial charge in [-0.3, -0.25) is 0 Å². The van der Waals surface area contributed by atoms with Crippen molar-refractivity contribution in [1.82, 2.24) is 0 Å². The van der Waals surface area contributed by atoms with Crippen LogP contribution in [0.15, 0.2) is 23.3 Å². The van der Waals surface area contributed by atoms with Crippen molar-refractivity contribution in [2.45, 2.75) is 38.5 Å². The Bertz CT molecular complexity index is 150. The molecular formula is C10H14. The van der Waals surface area contributed by atoms with Crippen LogP contribution in [0.5, 0.6) is 0 Å². The number of fused-ring (bicyclic) bond motifs is 5. The zero-order valence-corrected chi connectivity index (χ0v) is 6.40. The Morgan fingerprint density at radius 2 is 1.10 bits per heavy atom. The molecule has 54 valence electrons. The summed E-state index contributed by atoms with van der Waals surface area (Å²) in [5, 5.41) is 0. The van der Waals surface area contributed by atoms with E-state index in [1.165, 1.54) is 38.5 Å². The first-order chi connectivity index (χ1) is 4.95. The van der Waals surface area contributed by atoms with E-state index in [0.29, 0.717) is 0 Å². The Labute approximate surface area is 62.6 Å². The summed E-state index contributed by atoms with van der Waals surface area (Å²) in [6.45, 7) is 0. The Hall–Kier alpha value is -0.520. The maximum atomic E-state index is 2.45. The highest BCUT2D eigenvalue weighted by Crippen LogP contribution is 2.30. The van der Waals surface area contributed by atoms with E-state index in [4.69, 9.17) is 0 Å². The van der Waals surface area contributed by atoms with Crippen LogP contribution in [0.2, 0.25) is 0 Å². The lowest BCUT2D eigenvalue weighted by Crippen LogP contribution is -1.99. The molecule has 0 saturated heterocycles. The van der Waals surface area contributed by atoms with Crippen LogP contribution in [0.3, 0.4) is 0 Å². The molecule has 0 radical (unpaired) electrons. The van der Waals surface area contributed by atoms with Crippen LogP contribution in [0.4, 0.5) is 0 Å². The molecular weight excluding hydrogens is 120 g/mol. The highest BCUT2D eigenvalue weighted by Gasteiger charge is 2.10. The van der Waals surface area contributed by atoms with Gasteiger partial charge in [-0.25, -0.2) is 0 Å². The molecule has 1 saturated carbocycles. The van der Waals surface area contributed by atoms with Gasteiger partial charge in [0.2, 0.25) is 0 Å². The van der Waals surface area contributed by atoms with Crippen molar-refractivity contribution in [3.8, 4) is 0 Å². The molecule has 0 unspecified atom stereocenters. The maximum Gasteiger partial charge on any atom is -0.0283 e. The summed E-state index contributed by atoms with van der Waals surface area (Å²) in [5.74, 6) is 0. The van der Waals surface area contributed by atoms with Crippen LogP contribution in [0.1, 0.15) is 38.5 Å². The number of allylic oxidation sites excluding steroid dienone is 4. The summed E-state index contributed by atoms with van der Waals surface area (Å²) in [5.41, 5.74) is 3.44. The molecule has 0 aliphatic heterocycles. The molecule has 0 heterocycles. The van der Waals surface area contributed by atoms with Crippen LogP contribution in [-0.4, -0.2) is 0 Å². The summed E-state index contributed by atoms with van der Waals surface area (Å²) in [7, 11) is 0. The third-order valence-corrected chi connectivity index (χ3v) is 2.57. The highest BCUT2D eigenvalue weighted by molar-refractivity contribution is 5.18. The van der Waals surface area contributed by atoms with Crippen molar-refractivity contribution in [3.63, 3.8) is 0 Å². The Morgan fingerprint density at radius 1 is 0.700 bits per heavy atom. The van der Waals surface area contributed by atoms with Gasteiger partial charge in [0.25, 0.3) is 0 Å². The van der Waals surface area contributed by atoms with Crippen molar-refractivity contribution >= 4 is 0 Å². The van der Waals surface area contributed by atoms with Gasteiger partial charge in [-0.05, 0) is 38.5 Å². The van der Waals surface area contributed by atoms with E-state index in [1.807, 2.05) is 0 Å². The second kappa shape index (κ2) is 2.61. The minimum atomic E-state index is 1.29. The minimum absolute atomic E-state index is 1.29. The zero-order valence-electron chi connectivity index (χ0n) is 6.40. The number of hydrogen-bond donors (Lipinski definition) is 0. The third-order valence-electron chi connectivity index (χ3n) is 2.57. The summed E-state index contributed by atoms with van der Waals surface area (Å²) in [6.07, 6.45) is 12.9. The van der Waals surface area contributed by atoms with Gasteiger partial charge in [-0.2, -0.15) is 0 Å². The second-order valence-electron chi connectivity index (χ2n) is 3.30. The first-order valence-electron chi connectivity index (χ1n) is 4.31. The number of hydrogen-bond acceptors (Lipinski definition) is 0. The average Bonchev–Trinajstić information content (AvgIpc) is 1.89. The molecule has 0 aromatic carbocycles. The number of rotatable bonds is 0. The fourth-order valence-electron chi connectivity index (χ4n) is 1.88. The molecule has 10 heavy (non-hydrogen) atoms. The second-order valence-corrected chi connectivity index (χ2v) is 3.30. The SMILES string of the molecule is C1=C2CCC(=CCC1)CC2. The fraction of sp³-hybridized carbons (Fsp3) is 0.600. The Morgan fingerprint density at radius 3 is 1.50 bits per heavy atom. The lowest BCUT2D eigenvalue weighted by Gasteiger charge is -2.19. The predicted octanol–water partition coefficient (Wildman–Crippen LogP) is 3.21. The van der Waals surface area contributed by atoms with Crippen molar-refractivity contribution in [2.24, 2.45) is 0 Å². The van der Waals surface area contributed by atoms with Crippen molar-refractivity contribution in [3.05, 3.63) is 23.3 Å². The highest BCUT2D eigenvalue weighted by atomic mass is 14.2. The molecule has 3 rings (SSSR count). The van der Waals surface area contributed by atoms with Gasteiger partial charge in [0.1, 0.15) is 0 Å². The standard InChI is InChI=1S/C10H14/c1-2-4-10-7-5-9(3-1)6-8-10/h3-4H,1-2,5-8H2. The average molecular weight is 134 g/mol. The van der Waals surface area contributed by atoms with Crippen molar-refractivity contribution < 1.29 is 0 Å². The normalized spacial score (nSPS) is 24.8. The van der Waals surface area contributed by atoms with E-state index in [2.05, 4.69) is 12.2 Å². The lowest BCUT2D eigenvalue weighted by atomic mass is 9.87. The van der Waals surface area contributed by atoms with E-state index in [1.54, 1.807) is 11.1 Å². The molecule has 0 nitrogen and oxygen atoms in total. The first kappa shape index (κ1) is 6.21. The predicted molar refractivity (Wildman–Crippen MR) is 43.9 cm³/mol. The minimum Gasteiger partial charge on any atom is -0.0850 e. The van der Waals surface area contributed by atoms with Gasteiger partial charge in [-0.1, -0.05) is 23.3 Å². The van der Waals surface area contributed by atoms with E-state index in [9.17, 15) is 0 Å².